The summed E-state index contributed by atoms with van der Waals surface area (Å²) in [5.74, 6) is -2.86. The lowest BCUT2D eigenvalue weighted by atomic mass is 9.56. The lowest BCUT2D eigenvalue weighted by Crippen LogP contribution is -2.77. The summed E-state index contributed by atoms with van der Waals surface area (Å²) in [5, 5.41) is 5.88. The van der Waals surface area contributed by atoms with Crippen molar-refractivity contribution in [2.75, 3.05) is 26.8 Å². The molecule has 3 fully saturated rings. The Morgan fingerprint density at radius 2 is 1.76 bits per heavy atom. The zero-order chi connectivity index (χ0) is 24.8. The number of quaternary nitrogens is 1. The molecule has 3 heterocycles. The summed E-state index contributed by atoms with van der Waals surface area (Å²) in [7, 11) is 1.75. The minimum atomic E-state index is -2.59. The molecular weight excluding hydrogens is 488 g/mol. The van der Waals surface area contributed by atoms with Gasteiger partial charge in [0.25, 0.3) is 5.91 Å². The third kappa shape index (κ3) is 3.94. The van der Waals surface area contributed by atoms with Crippen molar-refractivity contribution in [1.82, 2.24) is 10.6 Å². The first-order valence-electron chi connectivity index (χ1n) is 11.1. The molecule has 4 rings (SSSR count). The molecule has 2 amide bonds. The van der Waals surface area contributed by atoms with Crippen molar-refractivity contribution < 1.29 is 37.6 Å². The van der Waals surface area contributed by atoms with Gasteiger partial charge < -0.3 is 29.1 Å². The van der Waals surface area contributed by atoms with Crippen LogP contribution in [0.3, 0.4) is 0 Å². The maximum absolute atomic E-state index is 12.9. The van der Waals surface area contributed by atoms with E-state index < -0.39 is 48.5 Å². The van der Waals surface area contributed by atoms with Gasteiger partial charge in [-0.2, -0.15) is 0 Å². The van der Waals surface area contributed by atoms with Crippen molar-refractivity contribution >= 4 is 53.6 Å². The van der Waals surface area contributed by atoms with E-state index in [1.54, 1.807) is 13.1 Å². The number of nitrogens with zero attached hydrogens (tertiary/aromatic N) is 1. The Balaban J connectivity index is 1.54. The lowest BCUT2D eigenvalue weighted by molar-refractivity contribution is -0.854. The Kier molecular flexibility index (Phi) is 6.58. The molecule has 0 unspecified atom stereocenters. The summed E-state index contributed by atoms with van der Waals surface area (Å²) in [6, 6.07) is 3.00. The van der Waals surface area contributed by atoms with Crippen molar-refractivity contribution in [2.45, 2.75) is 38.3 Å². The van der Waals surface area contributed by atoms with Crippen LogP contribution in [0.5, 0.6) is 0 Å². The predicted molar refractivity (Wildman–Crippen MR) is 123 cm³/mol. The molecule has 0 aromatic heterocycles. The van der Waals surface area contributed by atoms with Crippen LogP contribution in [0.1, 0.15) is 30.6 Å². The van der Waals surface area contributed by atoms with Crippen molar-refractivity contribution in [2.24, 2.45) is 5.92 Å². The molecule has 3 saturated heterocycles. The van der Waals surface area contributed by atoms with E-state index in [1.807, 2.05) is 13.8 Å². The van der Waals surface area contributed by atoms with Crippen LogP contribution in [0, 0.1) is 5.92 Å². The van der Waals surface area contributed by atoms with Gasteiger partial charge in [-0.25, -0.2) is 9.59 Å². The third-order valence-electron chi connectivity index (χ3n) is 6.95. The number of hydrogen-bond acceptors (Lipinski definition) is 7. The Bertz CT molecular complexity index is 1030. The molecule has 34 heavy (non-hydrogen) atoms. The maximum atomic E-state index is 12.9. The molecule has 0 radical (unpaired) electrons. The molecule has 3 atom stereocenters. The van der Waals surface area contributed by atoms with E-state index in [0.29, 0.717) is 11.4 Å². The lowest BCUT2D eigenvalue weighted by Gasteiger charge is -2.51. The summed E-state index contributed by atoms with van der Waals surface area (Å²) in [4.78, 5) is 50.9. The maximum Gasteiger partial charge on any atom is 0.606 e. The molecular formula is C21H26BCl2N3O7. The van der Waals surface area contributed by atoms with Gasteiger partial charge >= 0.3 is 18.6 Å². The van der Waals surface area contributed by atoms with E-state index in [4.69, 9.17) is 37.2 Å². The molecule has 1 aromatic rings. The Labute approximate surface area is 206 Å². The second kappa shape index (κ2) is 9.03. The monoisotopic (exact) mass is 513 g/mol. The fourth-order valence-electron chi connectivity index (χ4n) is 5.24. The number of carbonyl (C=O) groups excluding carboxylic acids is 4. The highest BCUT2D eigenvalue weighted by Gasteiger charge is 2.77. The van der Waals surface area contributed by atoms with Gasteiger partial charge in [-0.3, -0.25) is 9.59 Å². The first-order chi connectivity index (χ1) is 16.0. The van der Waals surface area contributed by atoms with Gasteiger partial charge in [-0.15, -0.1) is 0 Å². The minimum absolute atomic E-state index is 0.0737. The van der Waals surface area contributed by atoms with Gasteiger partial charge in [0, 0.05) is 12.1 Å². The van der Waals surface area contributed by atoms with Gasteiger partial charge in [0.1, 0.15) is 13.2 Å². The van der Waals surface area contributed by atoms with Crippen LogP contribution in [0.2, 0.25) is 10.0 Å². The number of benzene rings is 1. The number of nitrogens with one attached hydrogen (secondary N) is 2. The molecule has 1 aromatic carbocycles. The van der Waals surface area contributed by atoms with Crippen LogP contribution in [0.15, 0.2) is 18.2 Å². The second-order valence-corrected chi connectivity index (χ2v) is 10.3. The van der Waals surface area contributed by atoms with Gasteiger partial charge in [0.2, 0.25) is 5.91 Å². The average molecular weight is 514 g/mol. The van der Waals surface area contributed by atoms with E-state index in [-0.39, 0.29) is 40.7 Å². The van der Waals surface area contributed by atoms with E-state index in [0.717, 1.165) is 0 Å². The van der Waals surface area contributed by atoms with Gasteiger partial charge in [0.15, 0.2) is 12.1 Å². The molecule has 10 nitrogen and oxygen atoms in total. The molecule has 0 bridgehead atoms. The average Bonchev–Trinajstić information content (AvgIpc) is 3.13. The number of morpholine rings is 1. The van der Waals surface area contributed by atoms with Crippen LogP contribution < -0.4 is 10.6 Å². The third-order valence-corrected chi connectivity index (χ3v) is 7.51. The smallest absolute Gasteiger partial charge is 0.599 e. The largest absolute Gasteiger partial charge is 0.606 e. The Hall–Kier alpha value is -2.34. The Morgan fingerprint density at radius 1 is 1.15 bits per heavy atom. The number of likely N-dealkylation sites (N-methyl/N-ethyl adjacent to an activating group) is 1. The van der Waals surface area contributed by atoms with Gasteiger partial charge in [-0.1, -0.05) is 37.0 Å². The summed E-state index contributed by atoms with van der Waals surface area (Å²) in [5.41, 5.74) is 0.134. The van der Waals surface area contributed by atoms with Crippen LogP contribution >= 0.6 is 23.2 Å². The highest BCUT2D eigenvalue weighted by molar-refractivity contribution is 6.68. The molecule has 3 aliphatic heterocycles. The molecule has 184 valence electrons. The molecule has 3 aliphatic rings. The van der Waals surface area contributed by atoms with Gasteiger partial charge in [0.05, 0.1) is 23.1 Å². The molecule has 0 aliphatic carbocycles. The number of ether oxygens (including phenoxy) is 1. The van der Waals surface area contributed by atoms with Crippen LogP contribution in [0.4, 0.5) is 0 Å². The highest BCUT2D eigenvalue weighted by atomic mass is 35.5. The molecule has 13 heteroatoms. The second-order valence-electron chi connectivity index (χ2n) is 9.50. The highest BCUT2D eigenvalue weighted by Crippen LogP contribution is 2.46. The van der Waals surface area contributed by atoms with Gasteiger partial charge in [-0.05, 0) is 30.5 Å². The first-order valence-corrected chi connectivity index (χ1v) is 11.8. The number of carbonyl (C=O) groups is 4. The quantitative estimate of drug-likeness (QED) is 0.523. The summed E-state index contributed by atoms with van der Waals surface area (Å²) >= 11 is 12.0. The molecule has 0 spiro atoms. The number of rotatable bonds is 7. The number of amides is 2. The van der Waals surface area contributed by atoms with Crippen LogP contribution in [0.25, 0.3) is 0 Å². The van der Waals surface area contributed by atoms with E-state index in [2.05, 4.69) is 10.6 Å². The molecule has 0 saturated carbocycles. The topological polar surface area (TPSA) is 120 Å². The van der Waals surface area contributed by atoms with Crippen molar-refractivity contribution in [3.05, 3.63) is 33.8 Å². The fourth-order valence-corrected chi connectivity index (χ4v) is 5.62. The number of hydrogen-bond donors (Lipinski definition) is 2. The van der Waals surface area contributed by atoms with E-state index in [1.165, 1.54) is 12.1 Å². The van der Waals surface area contributed by atoms with Crippen LogP contribution in [-0.2, 0) is 28.4 Å². The predicted octanol–water partition coefficient (Wildman–Crippen LogP) is 1.06. The fraction of sp³-hybridized carbons (Fsp3) is 0.524. The van der Waals surface area contributed by atoms with Crippen molar-refractivity contribution in [1.29, 1.82) is 0 Å². The normalized spacial score (nSPS) is 30.4. The van der Waals surface area contributed by atoms with E-state index in [9.17, 15) is 19.2 Å². The summed E-state index contributed by atoms with van der Waals surface area (Å²) in [6.07, 6.45) is 0.383. The zero-order valence-electron chi connectivity index (χ0n) is 19.0. The standard InChI is InChI=1S/C21H26BCl2N3O7/c1-11(2)6-17(26-18(28)8-25-19(29)13-7-12(23)4-5-14(13)24)22-27(3)15(20(30)33-22)9-32-10-16(27)21(31)34-22/h4-5,7,11,15-17H,6,8-10H2,1-3H3,(H,25,29)(H,26,28)/t15-,16-,17+,22?,27?/m1/s1. The summed E-state index contributed by atoms with van der Waals surface area (Å²) in [6.45, 7) is 1.12. The van der Waals surface area contributed by atoms with E-state index >= 15 is 0 Å². The number of halogens is 2. The van der Waals surface area contributed by atoms with Crippen molar-refractivity contribution in [3.8, 4) is 0 Å². The first kappa shape index (κ1) is 24.8. The Morgan fingerprint density at radius 3 is 2.35 bits per heavy atom. The summed E-state index contributed by atoms with van der Waals surface area (Å²) < 4.78 is 17.0. The SMILES string of the molecule is CC(C)C[C@H](NC(=O)CNC(=O)c1cc(Cl)ccc1Cl)[B-]12OC(=O)[C@H]3COC[C@H](C(=O)O1)[N+]32C. The minimum Gasteiger partial charge on any atom is -0.599 e. The zero-order valence-corrected chi connectivity index (χ0v) is 20.5. The van der Waals surface area contributed by atoms with Crippen molar-refractivity contribution in [3.63, 3.8) is 0 Å². The molecule has 2 N–H and O–H groups in total. The van der Waals surface area contributed by atoms with Crippen LogP contribution in [-0.4, -0.2) is 79.7 Å².